The highest BCUT2D eigenvalue weighted by molar-refractivity contribution is 5.86. The van der Waals surface area contributed by atoms with E-state index in [1.807, 2.05) is 24.3 Å². The van der Waals surface area contributed by atoms with Crippen LogP contribution >= 0.6 is 0 Å². The van der Waals surface area contributed by atoms with Crippen LogP contribution in [0.1, 0.15) is 49.4 Å². The fourth-order valence-corrected chi connectivity index (χ4v) is 2.74. The van der Waals surface area contributed by atoms with E-state index >= 15 is 0 Å². The molecule has 140 valence electrons. The lowest BCUT2D eigenvalue weighted by molar-refractivity contribution is -0.114. The monoisotopic (exact) mass is 364 g/mol. The maximum Gasteiger partial charge on any atom is 0.256 e. The summed E-state index contributed by atoms with van der Waals surface area (Å²) in [7, 11) is 0. The Hall–Kier alpha value is -3.20. The van der Waals surface area contributed by atoms with Gasteiger partial charge in [0.05, 0.1) is 11.8 Å². The predicted molar refractivity (Wildman–Crippen MR) is 106 cm³/mol. The maximum atomic E-state index is 12.5. The van der Waals surface area contributed by atoms with E-state index in [9.17, 15) is 9.59 Å². The number of aromatic nitrogens is 2. The maximum absolute atomic E-state index is 12.5. The smallest absolute Gasteiger partial charge is 0.256 e. The zero-order valence-corrected chi connectivity index (χ0v) is 15.5. The number of carbonyl (C=O) groups is 1. The summed E-state index contributed by atoms with van der Waals surface area (Å²) in [6.45, 7) is 1.36. The van der Waals surface area contributed by atoms with Crippen LogP contribution in [0, 0.1) is 11.3 Å². The normalized spacial score (nSPS) is 10.7. The van der Waals surface area contributed by atoms with Crippen molar-refractivity contribution in [1.29, 1.82) is 5.26 Å². The lowest BCUT2D eigenvalue weighted by Gasteiger charge is -2.08. The summed E-state index contributed by atoms with van der Waals surface area (Å²) in [4.78, 5) is 30.7. The van der Waals surface area contributed by atoms with Crippen molar-refractivity contribution in [2.45, 2.75) is 45.4 Å². The third-order valence-electron chi connectivity index (χ3n) is 4.03. The predicted octanol–water partition coefficient (Wildman–Crippen LogP) is 3.61. The first-order valence-electron chi connectivity index (χ1n) is 9.08. The van der Waals surface area contributed by atoms with Gasteiger partial charge in [-0.25, -0.2) is 4.98 Å². The Morgan fingerprint density at radius 2 is 2.00 bits per heavy atom. The van der Waals surface area contributed by atoms with Crippen molar-refractivity contribution in [3.05, 3.63) is 63.6 Å². The minimum absolute atomic E-state index is 0.139. The minimum Gasteiger partial charge on any atom is -0.296 e. The average Bonchev–Trinajstić information content (AvgIpc) is 2.64. The first-order valence-corrected chi connectivity index (χ1v) is 9.08. The molecule has 6 nitrogen and oxygen atoms in total. The van der Waals surface area contributed by atoms with Crippen LogP contribution < -0.4 is 10.9 Å². The first-order chi connectivity index (χ1) is 13.1. The Bertz CT molecular complexity index is 879. The molecule has 2 rings (SSSR count). The largest absolute Gasteiger partial charge is 0.296 e. The number of nitriles is 1. The molecule has 0 saturated heterocycles. The van der Waals surface area contributed by atoms with Crippen LogP contribution in [0.25, 0.3) is 6.08 Å². The number of hydrogen-bond donors (Lipinski definition) is 2. The molecule has 6 heteroatoms. The number of rotatable bonds is 9. The molecule has 0 aliphatic rings. The van der Waals surface area contributed by atoms with E-state index in [0.29, 0.717) is 30.5 Å². The molecule has 0 atom stereocenters. The summed E-state index contributed by atoms with van der Waals surface area (Å²) in [6, 6.07) is 12.3. The molecule has 27 heavy (non-hydrogen) atoms. The summed E-state index contributed by atoms with van der Waals surface area (Å²) >= 11 is 0. The molecule has 2 aromatic rings. The van der Waals surface area contributed by atoms with Gasteiger partial charge in [0.25, 0.3) is 5.56 Å². The van der Waals surface area contributed by atoms with Gasteiger partial charge in [-0.15, -0.1) is 0 Å². The van der Waals surface area contributed by atoms with Crippen LogP contribution in [0.4, 0.5) is 5.95 Å². The first kappa shape index (κ1) is 20.1. The number of benzene rings is 1. The summed E-state index contributed by atoms with van der Waals surface area (Å²) in [6.07, 6.45) is 7.97. The number of allylic oxidation sites excluding steroid dienone is 1. The lowest BCUT2D eigenvalue weighted by Crippen LogP contribution is -2.21. The van der Waals surface area contributed by atoms with Crippen molar-refractivity contribution < 1.29 is 4.79 Å². The highest BCUT2D eigenvalue weighted by Crippen LogP contribution is 2.12. The number of anilines is 1. The van der Waals surface area contributed by atoms with Gasteiger partial charge in [-0.1, -0.05) is 36.4 Å². The second-order valence-electron chi connectivity index (χ2n) is 6.25. The molecular formula is C21H24N4O2. The number of aromatic amines is 1. The fourth-order valence-electron chi connectivity index (χ4n) is 2.74. The zero-order chi connectivity index (χ0) is 19.5. The standard InChI is InChI=1S/C21H24N4O2/c1-16(26)23-21-24-19(14-6-3-9-15-22)18(20(27)25-21)13-8-7-12-17-10-4-2-5-11-17/h2,4-6,10-11,14H,3,7-9,12-13H2,1H3,(H2,23,24,25,26,27)/b14-6+. The second kappa shape index (κ2) is 10.7. The van der Waals surface area contributed by atoms with Gasteiger partial charge >= 0.3 is 0 Å². The number of amides is 1. The molecule has 0 unspecified atom stereocenters. The molecule has 1 aromatic carbocycles. The van der Waals surface area contributed by atoms with E-state index in [2.05, 4.69) is 33.5 Å². The van der Waals surface area contributed by atoms with Crippen LogP contribution in [0.2, 0.25) is 0 Å². The average molecular weight is 364 g/mol. The molecule has 0 fully saturated rings. The van der Waals surface area contributed by atoms with E-state index < -0.39 is 0 Å². The van der Waals surface area contributed by atoms with Crippen molar-refractivity contribution in [1.82, 2.24) is 9.97 Å². The number of hydrogen-bond acceptors (Lipinski definition) is 4. The molecule has 1 heterocycles. The Morgan fingerprint density at radius 3 is 2.70 bits per heavy atom. The molecule has 0 aliphatic heterocycles. The van der Waals surface area contributed by atoms with Crippen LogP contribution in [0.15, 0.2) is 41.2 Å². The molecule has 0 radical (unpaired) electrons. The molecule has 0 spiro atoms. The highest BCUT2D eigenvalue weighted by atomic mass is 16.1. The summed E-state index contributed by atoms with van der Waals surface area (Å²) in [5.74, 6) is -0.159. The van der Waals surface area contributed by atoms with Gasteiger partial charge in [0, 0.05) is 18.9 Å². The van der Waals surface area contributed by atoms with Gasteiger partial charge in [-0.05, 0) is 43.7 Å². The number of H-pyrrole nitrogens is 1. The SMILES string of the molecule is CC(=O)Nc1nc(/C=C/CCC#N)c(CCCCc2ccccc2)c(=O)[nH]1. The van der Waals surface area contributed by atoms with Crippen LogP contribution in [0.3, 0.4) is 0 Å². The molecule has 0 aliphatic carbocycles. The zero-order valence-electron chi connectivity index (χ0n) is 15.5. The quantitative estimate of drug-likeness (QED) is 0.664. The molecular weight excluding hydrogens is 340 g/mol. The van der Waals surface area contributed by atoms with Crippen molar-refractivity contribution in [3.8, 4) is 6.07 Å². The Balaban J connectivity index is 2.09. The summed E-state index contributed by atoms with van der Waals surface area (Å²) in [5.41, 5.74) is 2.18. The van der Waals surface area contributed by atoms with Crippen LogP contribution in [0.5, 0.6) is 0 Å². The molecule has 1 amide bonds. The van der Waals surface area contributed by atoms with Gasteiger partial charge in [-0.3, -0.25) is 19.9 Å². The molecule has 1 aromatic heterocycles. The number of unbranched alkanes of at least 4 members (excludes halogenated alkanes) is 2. The van der Waals surface area contributed by atoms with Crippen molar-refractivity contribution in [2.24, 2.45) is 0 Å². The minimum atomic E-state index is -0.298. The second-order valence-corrected chi connectivity index (χ2v) is 6.25. The summed E-state index contributed by atoms with van der Waals surface area (Å²) in [5, 5.41) is 11.2. The van der Waals surface area contributed by atoms with Crippen LogP contribution in [-0.2, 0) is 17.6 Å². The van der Waals surface area contributed by atoms with Gasteiger partial charge in [0.1, 0.15) is 0 Å². The Kier molecular flexibility index (Phi) is 7.98. The highest BCUT2D eigenvalue weighted by Gasteiger charge is 2.10. The van der Waals surface area contributed by atoms with Gasteiger partial charge < -0.3 is 0 Å². The Morgan fingerprint density at radius 1 is 1.26 bits per heavy atom. The lowest BCUT2D eigenvalue weighted by atomic mass is 10.0. The van der Waals surface area contributed by atoms with E-state index in [1.54, 1.807) is 6.08 Å². The van der Waals surface area contributed by atoms with Gasteiger partial charge in [0.15, 0.2) is 0 Å². The number of carbonyl (C=O) groups excluding carboxylic acids is 1. The molecule has 0 saturated carbocycles. The van der Waals surface area contributed by atoms with Crippen molar-refractivity contribution in [2.75, 3.05) is 5.32 Å². The summed E-state index contributed by atoms with van der Waals surface area (Å²) < 4.78 is 0. The topological polar surface area (TPSA) is 98.6 Å². The van der Waals surface area contributed by atoms with Gasteiger partial charge in [0.2, 0.25) is 11.9 Å². The third-order valence-corrected chi connectivity index (χ3v) is 4.03. The van der Waals surface area contributed by atoms with Crippen molar-refractivity contribution in [3.63, 3.8) is 0 Å². The molecule has 0 bridgehead atoms. The van der Waals surface area contributed by atoms with E-state index in [0.717, 1.165) is 19.3 Å². The third kappa shape index (κ3) is 6.90. The number of nitrogens with zero attached hydrogens (tertiary/aromatic N) is 2. The van der Waals surface area contributed by atoms with E-state index in [4.69, 9.17) is 5.26 Å². The number of nitrogens with one attached hydrogen (secondary N) is 2. The fraction of sp³-hybridized carbons (Fsp3) is 0.333. The molecule has 2 N–H and O–H groups in total. The van der Waals surface area contributed by atoms with Crippen LogP contribution in [-0.4, -0.2) is 15.9 Å². The van der Waals surface area contributed by atoms with Crippen molar-refractivity contribution >= 4 is 17.9 Å². The van der Waals surface area contributed by atoms with E-state index in [1.165, 1.54) is 12.5 Å². The van der Waals surface area contributed by atoms with Gasteiger partial charge in [-0.2, -0.15) is 5.26 Å². The Labute approximate surface area is 159 Å². The number of aryl methyl sites for hydroxylation is 1. The van der Waals surface area contributed by atoms with E-state index in [-0.39, 0.29) is 17.4 Å².